The van der Waals surface area contributed by atoms with Gasteiger partial charge in [-0.2, -0.15) is 5.10 Å². The summed E-state index contributed by atoms with van der Waals surface area (Å²) in [5, 5.41) is 19.0. The van der Waals surface area contributed by atoms with Gasteiger partial charge in [0.25, 0.3) is 5.56 Å². The minimum absolute atomic E-state index is 0.0420. The molecule has 1 aliphatic heterocycles. The molecule has 7 heteroatoms. The average molecular weight is 260 g/mol. The Kier molecular flexibility index (Phi) is 3.66. The number of nitrogens with zero attached hydrogens (tertiary/aromatic N) is 1. The Hall–Kier alpha value is -1.11. The normalized spacial score (nSPS) is 24.6. The van der Waals surface area contributed by atoms with Crippen molar-refractivity contribution in [3.8, 4) is 0 Å². The molecule has 0 aromatic carbocycles. The number of rotatable bonds is 3. The SMILES string of the molecule is O=c1[nH]ncc(NCC2(O)CCCOC2)c1Cl. The summed E-state index contributed by atoms with van der Waals surface area (Å²) in [6, 6.07) is 0. The van der Waals surface area contributed by atoms with E-state index in [0.717, 1.165) is 6.42 Å². The molecule has 0 bridgehead atoms. The van der Waals surface area contributed by atoms with Crippen molar-refractivity contribution in [2.75, 3.05) is 25.1 Å². The molecular weight excluding hydrogens is 246 g/mol. The Morgan fingerprint density at radius 1 is 1.71 bits per heavy atom. The number of aromatic amines is 1. The predicted molar refractivity (Wildman–Crippen MR) is 63.4 cm³/mol. The summed E-state index contributed by atoms with van der Waals surface area (Å²) < 4.78 is 5.22. The smallest absolute Gasteiger partial charge is 0.285 e. The lowest BCUT2D eigenvalue weighted by atomic mass is 9.97. The molecule has 1 atom stereocenters. The van der Waals surface area contributed by atoms with Crippen molar-refractivity contribution < 1.29 is 9.84 Å². The van der Waals surface area contributed by atoms with E-state index in [4.69, 9.17) is 16.3 Å². The molecular formula is C10H14ClN3O3. The second-order valence-electron chi connectivity index (χ2n) is 4.16. The highest BCUT2D eigenvalue weighted by Crippen LogP contribution is 2.21. The third-order valence-electron chi connectivity index (χ3n) is 2.71. The van der Waals surface area contributed by atoms with Gasteiger partial charge in [0.1, 0.15) is 10.6 Å². The standard InChI is InChI=1S/C10H14ClN3O3/c11-8-7(4-13-14-9(8)15)12-5-10(16)2-1-3-17-6-10/h4,16H,1-3,5-6H2,(H2,12,14,15). The summed E-state index contributed by atoms with van der Waals surface area (Å²) in [4.78, 5) is 11.2. The summed E-state index contributed by atoms with van der Waals surface area (Å²) in [7, 11) is 0. The second-order valence-corrected chi connectivity index (χ2v) is 4.54. The molecule has 1 aromatic rings. The van der Waals surface area contributed by atoms with Gasteiger partial charge in [-0.25, -0.2) is 5.10 Å². The maximum Gasteiger partial charge on any atom is 0.285 e. The highest BCUT2D eigenvalue weighted by atomic mass is 35.5. The summed E-state index contributed by atoms with van der Waals surface area (Å²) in [5.74, 6) is 0. The number of hydrogen-bond donors (Lipinski definition) is 3. The third-order valence-corrected chi connectivity index (χ3v) is 3.08. The molecule has 0 amide bonds. The van der Waals surface area contributed by atoms with Gasteiger partial charge < -0.3 is 15.2 Å². The Balaban J connectivity index is 2.02. The summed E-state index contributed by atoms with van der Waals surface area (Å²) in [6.45, 7) is 1.24. The molecule has 1 unspecified atom stereocenters. The average Bonchev–Trinajstić information content (AvgIpc) is 2.32. The lowest BCUT2D eigenvalue weighted by molar-refractivity contribution is -0.0763. The third kappa shape index (κ3) is 2.96. The molecule has 1 saturated heterocycles. The van der Waals surface area contributed by atoms with E-state index in [9.17, 15) is 9.90 Å². The number of H-pyrrole nitrogens is 1. The molecule has 1 fully saturated rings. The van der Waals surface area contributed by atoms with Crippen LogP contribution in [0.2, 0.25) is 5.02 Å². The fourth-order valence-corrected chi connectivity index (χ4v) is 1.90. The van der Waals surface area contributed by atoms with Crippen molar-refractivity contribution in [3.05, 3.63) is 21.6 Å². The first-order valence-corrected chi connectivity index (χ1v) is 5.76. The van der Waals surface area contributed by atoms with E-state index < -0.39 is 11.2 Å². The molecule has 0 radical (unpaired) electrons. The van der Waals surface area contributed by atoms with Crippen molar-refractivity contribution in [2.45, 2.75) is 18.4 Å². The van der Waals surface area contributed by atoms with Crippen LogP contribution in [0.4, 0.5) is 5.69 Å². The fourth-order valence-electron chi connectivity index (χ4n) is 1.74. The number of ether oxygens (including phenoxy) is 1. The zero-order valence-electron chi connectivity index (χ0n) is 9.20. The zero-order chi connectivity index (χ0) is 12.3. The summed E-state index contributed by atoms with van der Waals surface area (Å²) in [6.07, 6.45) is 2.89. The van der Waals surface area contributed by atoms with Gasteiger partial charge in [-0.1, -0.05) is 11.6 Å². The number of hydrogen-bond acceptors (Lipinski definition) is 5. The van der Waals surface area contributed by atoms with E-state index in [1.807, 2.05) is 0 Å². The Bertz CT molecular complexity index is 443. The Labute approximate surface area is 103 Å². The first-order valence-electron chi connectivity index (χ1n) is 5.38. The van der Waals surface area contributed by atoms with Gasteiger partial charge in [-0.05, 0) is 12.8 Å². The fraction of sp³-hybridized carbons (Fsp3) is 0.600. The van der Waals surface area contributed by atoms with Crippen LogP contribution >= 0.6 is 11.6 Å². The van der Waals surface area contributed by atoms with Crippen molar-refractivity contribution in [1.82, 2.24) is 10.2 Å². The minimum atomic E-state index is -0.913. The van der Waals surface area contributed by atoms with Crippen LogP contribution in [0.3, 0.4) is 0 Å². The monoisotopic (exact) mass is 259 g/mol. The van der Waals surface area contributed by atoms with E-state index in [-0.39, 0.29) is 18.2 Å². The van der Waals surface area contributed by atoms with E-state index in [0.29, 0.717) is 18.7 Å². The molecule has 1 aromatic heterocycles. The van der Waals surface area contributed by atoms with Gasteiger partial charge in [-0.15, -0.1) is 0 Å². The molecule has 1 aliphatic rings. The molecule has 0 spiro atoms. The quantitative estimate of drug-likeness (QED) is 0.730. The minimum Gasteiger partial charge on any atom is -0.386 e. The Morgan fingerprint density at radius 2 is 2.53 bits per heavy atom. The van der Waals surface area contributed by atoms with Crippen LogP contribution < -0.4 is 10.9 Å². The predicted octanol–water partition coefficient (Wildman–Crippen LogP) is 0.377. The van der Waals surface area contributed by atoms with Crippen LogP contribution in [-0.4, -0.2) is 40.7 Å². The summed E-state index contributed by atoms with van der Waals surface area (Å²) in [5.41, 5.74) is -0.956. The Morgan fingerprint density at radius 3 is 3.24 bits per heavy atom. The molecule has 2 heterocycles. The van der Waals surface area contributed by atoms with Gasteiger partial charge >= 0.3 is 0 Å². The van der Waals surface area contributed by atoms with Crippen LogP contribution in [0, 0.1) is 0 Å². The molecule has 94 valence electrons. The lowest BCUT2D eigenvalue weighted by Gasteiger charge is -2.32. The van der Waals surface area contributed by atoms with Crippen molar-refractivity contribution in [2.24, 2.45) is 0 Å². The number of anilines is 1. The van der Waals surface area contributed by atoms with Crippen molar-refractivity contribution >= 4 is 17.3 Å². The van der Waals surface area contributed by atoms with E-state index in [1.54, 1.807) is 0 Å². The van der Waals surface area contributed by atoms with Gasteiger partial charge in [-0.3, -0.25) is 4.79 Å². The number of aromatic nitrogens is 2. The maximum atomic E-state index is 11.2. The largest absolute Gasteiger partial charge is 0.386 e. The molecule has 3 N–H and O–H groups in total. The van der Waals surface area contributed by atoms with E-state index >= 15 is 0 Å². The van der Waals surface area contributed by atoms with E-state index in [2.05, 4.69) is 15.5 Å². The van der Waals surface area contributed by atoms with Crippen LogP contribution in [0.15, 0.2) is 11.0 Å². The maximum absolute atomic E-state index is 11.2. The lowest BCUT2D eigenvalue weighted by Crippen LogP contribution is -2.44. The highest BCUT2D eigenvalue weighted by Gasteiger charge is 2.30. The number of aliphatic hydroxyl groups is 1. The van der Waals surface area contributed by atoms with Crippen LogP contribution in [0.25, 0.3) is 0 Å². The molecule has 2 rings (SSSR count). The van der Waals surface area contributed by atoms with E-state index in [1.165, 1.54) is 6.20 Å². The van der Waals surface area contributed by atoms with Crippen molar-refractivity contribution in [1.29, 1.82) is 0 Å². The topological polar surface area (TPSA) is 87.2 Å². The van der Waals surface area contributed by atoms with Crippen LogP contribution in [0.5, 0.6) is 0 Å². The van der Waals surface area contributed by atoms with Crippen LogP contribution in [0.1, 0.15) is 12.8 Å². The second kappa shape index (κ2) is 5.03. The molecule has 17 heavy (non-hydrogen) atoms. The van der Waals surface area contributed by atoms with Gasteiger partial charge in [0.05, 0.1) is 18.5 Å². The number of nitrogens with one attached hydrogen (secondary N) is 2. The zero-order valence-corrected chi connectivity index (χ0v) is 9.96. The van der Waals surface area contributed by atoms with Gasteiger partial charge in [0.2, 0.25) is 0 Å². The molecule has 0 saturated carbocycles. The van der Waals surface area contributed by atoms with Gasteiger partial charge in [0, 0.05) is 13.2 Å². The summed E-state index contributed by atoms with van der Waals surface area (Å²) >= 11 is 5.80. The molecule has 6 nitrogen and oxygen atoms in total. The first kappa shape index (κ1) is 12.3. The first-order chi connectivity index (χ1) is 8.11. The van der Waals surface area contributed by atoms with Crippen LogP contribution in [-0.2, 0) is 4.74 Å². The van der Waals surface area contributed by atoms with Crippen molar-refractivity contribution in [3.63, 3.8) is 0 Å². The highest BCUT2D eigenvalue weighted by molar-refractivity contribution is 6.32. The molecule has 0 aliphatic carbocycles. The van der Waals surface area contributed by atoms with Gasteiger partial charge in [0.15, 0.2) is 0 Å². The number of halogens is 1.